The number of fused-ring (bicyclic) bond motifs is 1. The number of hydrogen-bond donors (Lipinski definition) is 2. The van der Waals surface area contributed by atoms with Gasteiger partial charge in [0.05, 0.1) is 11.0 Å². The highest BCUT2D eigenvalue weighted by molar-refractivity contribution is 7.09. The lowest BCUT2D eigenvalue weighted by atomic mass is 10.2. The average Bonchev–Trinajstić information content (AvgIpc) is 3.02. The van der Waals surface area contributed by atoms with Gasteiger partial charge in [0.1, 0.15) is 12.4 Å². The summed E-state index contributed by atoms with van der Waals surface area (Å²) in [5, 5.41) is 11.5. The minimum atomic E-state index is -0.0565. The van der Waals surface area contributed by atoms with Gasteiger partial charge in [-0.25, -0.2) is 4.98 Å². The third kappa shape index (κ3) is 2.34. The Morgan fingerprint density at radius 1 is 1.32 bits per heavy atom. The van der Waals surface area contributed by atoms with Crippen molar-refractivity contribution >= 4 is 28.1 Å². The Labute approximate surface area is 115 Å². The van der Waals surface area contributed by atoms with Gasteiger partial charge in [0.25, 0.3) is 0 Å². The first-order valence-corrected chi connectivity index (χ1v) is 7.04. The number of aryl methyl sites for hydroxylation is 2. The molecule has 0 atom stereocenters. The van der Waals surface area contributed by atoms with Crippen molar-refractivity contribution in [2.75, 3.05) is 5.73 Å². The lowest BCUT2D eigenvalue weighted by Crippen LogP contribution is -2.05. The maximum Gasteiger partial charge on any atom is 0.135 e. The van der Waals surface area contributed by atoms with E-state index in [-0.39, 0.29) is 6.61 Å². The summed E-state index contributed by atoms with van der Waals surface area (Å²) in [6.07, 6.45) is 0.945. The predicted molar refractivity (Wildman–Crippen MR) is 78.1 cm³/mol. The van der Waals surface area contributed by atoms with Gasteiger partial charge in [-0.2, -0.15) is 0 Å². The Hall–Kier alpha value is -1.85. The van der Waals surface area contributed by atoms with Crippen LogP contribution in [0.3, 0.4) is 0 Å². The molecular weight excluding hydrogens is 258 g/mol. The number of anilines is 1. The highest BCUT2D eigenvalue weighted by Gasteiger charge is 2.10. The van der Waals surface area contributed by atoms with Gasteiger partial charge in [-0.05, 0) is 36.1 Å². The molecule has 5 heteroatoms. The zero-order valence-corrected chi connectivity index (χ0v) is 11.2. The second-order valence-corrected chi connectivity index (χ2v) is 5.45. The van der Waals surface area contributed by atoms with E-state index >= 15 is 0 Å². The Balaban J connectivity index is 1.96. The van der Waals surface area contributed by atoms with E-state index in [0.717, 1.165) is 24.0 Å². The van der Waals surface area contributed by atoms with Crippen molar-refractivity contribution in [2.45, 2.75) is 19.6 Å². The van der Waals surface area contributed by atoms with Gasteiger partial charge >= 0.3 is 0 Å². The van der Waals surface area contributed by atoms with Gasteiger partial charge in [-0.1, -0.05) is 6.07 Å². The molecule has 0 spiro atoms. The normalized spacial score (nSPS) is 11.2. The molecule has 0 aliphatic carbocycles. The fraction of sp³-hybridized carbons (Fsp3) is 0.214. The average molecular weight is 273 g/mol. The molecule has 3 rings (SSSR count). The Morgan fingerprint density at radius 3 is 2.95 bits per heavy atom. The highest BCUT2D eigenvalue weighted by atomic mass is 32.1. The topological polar surface area (TPSA) is 64.1 Å². The lowest BCUT2D eigenvalue weighted by Gasteiger charge is -2.06. The highest BCUT2D eigenvalue weighted by Crippen LogP contribution is 2.20. The van der Waals surface area contributed by atoms with Crippen molar-refractivity contribution in [1.82, 2.24) is 9.55 Å². The molecule has 0 saturated carbocycles. The van der Waals surface area contributed by atoms with Crippen molar-refractivity contribution in [3.63, 3.8) is 0 Å². The molecule has 2 heterocycles. The van der Waals surface area contributed by atoms with Crippen molar-refractivity contribution in [1.29, 1.82) is 0 Å². The maximum absolute atomic E-state index is 9.43. The van der Waals surface area contributed by atoms with E-state index in [4.69, 9.17) is 5.73 Å². The second-order valence-electron chi connectivity index (χ2n) is 4.42. The van der Waals surface area contributed by atoms with Crippen LogP contribution in [0, 0.1) is 0 Å². The minimum absolute atomic E-state index is 0.0565. The summed E-state index contributed by atoms with van der Waals surface area (Å²) >= 11 is 1.75. The molecule has 0 aliphatic heterocycles. The number of nitrogens with zero attached hydrogens (tertiary/aromatic N) is 2. The van der Waals surface area contributed by atoms with E-state index in [2.05, 4.69) is 27.1 Å². The van der Waals surface area contributed by atoms with E-state index in [1.54, 1.807) is 11.3 Å². The third-order valence-corrected chi connectivity index (χ3v) is 4.09. The maximum atomic E-state index is 9.43. The van der Waals surface area contributed by atoms with Crippen LogP contribution in [0.15, 0.2) is 35.7 Å². The molecule has 0 bridgehead atoms. The van der Waals surface area contributed by atoms with Gasteiger partial charge in [0.2, 0.25) is 0 Å². The summed E-state index contributed by atoms with van der Waals surface area (Å²) in [7, 11) is 0. The smallest absolute Gasteiger partial charge is 0.135 e. The van der Waals surface area contributed by atoms with Crippen LogP contribution in [-0.4, -0.2) is 14.7 Å². The lowest BCUT2D eigenvalue weighted by molar-refractivity contribution is 0.266. The van der Waals surface area contributed by atoms with E-state index in [0.29, 0.717) is 11.5 Å². The standard InChI is InChI=1S/C14H15N3OS/c15-10-3-4-13-12(8-10)16-14(9-18)17(13)6-5-11-2-1-7-19-11/h1-4,7-8,18H,5-6,9,15H2. The minimum Gasteiger partial charge on any atom is -0.399 e. The zero-order valence-electron chi connectivity index (χ0n) is 10.4. The molecule has 4 nitrogen and oxygen atoms in total. The van der Waals surface area contributed by atoms with E-state index in [1.165, 1.54) is 4.88 Å². The van der Waals surface area contributed by atoms with Crippen LogP contribution in [0.4, 0.5) is 5.69 Å². The monoisotopic (exact) mass is 273 g/mol. The molecule has 98 valence electrons. The molecule has 0 aliphatic rings. The van der Waals surface area contributed by atoms with Crippen LogP contribution < -0.4 is 5.73 Å². The number of thiophene rings is 1. The quantitative estimate of drug-likeness (QED) is 0.717. The van der Waals surface area contributed by atoms with E-state index in [1.807, 2.05) is 18.2 Å². The fourth-order valence-corrected chi connectivity index (χ4v) is 2.94. The summed E-state index contributed by atoms with van der Waals surface area (Å²) in [6, 6.07) is 9.86. The Morgan fingerprint density at radius 2 is 2.21 bits per heavy atom. The molecule has 0 radical (unpaired) electrons. The number of nitrogens with two attached hydrogens (primary N) is 1. The number of hydrogen-bond acceptors (Lipinski definition) is 4. The number of aliphatic hydroxyl groups excluding tert-OH is 1. The van der Waals surface area contributed by atoms with Crippen LogP contribution in [0.25, 0.3) is 11.0 Å². The molecule has 0 fully saturated rings. The number of rotatable bonds is 4. The fourth-order valence-electron chi connectivity index (χ4n) is 2.24. The van der Waals surface area contributed by atoms with Crippen LogP contribution in [0.2, 0.25) is 0 Å². The molecule has 3 N–H and O–H groups in total. The predicted octanol–water partition coefficient (Wildman–Crippen LogP) is 2.42. The summed E-state index contributed by atoms with van der Waals surface area (Å²) in [4.78, 5) is 5.76. The Kier molecular flexibility index (Phi) is 3.23. The number of benzene rings is 1. The van der Waals surface area contributed by atoms with Crippen LogP contribution in [0.1, 0.15) is 10.7 Å². The van der Waals surface area contributed by atoms with Gasteiger partial charge in [0.15, 0.2) is 0 Å². The van der Waals surface area contributed by atoms with Gasteiger partial charge in [0, 0.05) is 17.1 Å². The molecule has 3 aromatic rings. The number of imidazole rings is 1. The van der Waals surface area contributed by atoms with Gasteiger partial charge in [-0.15, -0.1) is 11.3 Å². The zero-order chi connectivity index (χ0) is 13.2. The van der Waals surface area contributed by atoms with Gasteiger partial charge in [-0.3, -0.25) is 0 Å². The number of nitrogen functional groups attached to an aromatic ring is 1. The van der Waals surface area contributed by atoms with Crippen molar-refractivity contribution in [3.8, 4) is 0 Å². The summed E-state index contributed by atoms with van der Waals surface area (Å²) < 4.78 is 2.06. The Bertz CT molecular complexity index is 688. The second kappa shape index (κ2) is 5.03. The number of aromatic nitrogens is 2. The van der Waals surface area contributed by atoms with Crippen molar-refractivity contribution < 1.29 is 5.11 Å². The molecule has 0 amide bonds. The third-order valence-electron chi connectivity index (χ3n) is 3.15. The first kappa shape index (κ1) is 12.2. The largest absolute Gasteiger partial charge is 0.399 e. The summed E-state index contributed by atoms with van der Waals surface area (Å²) in [5.41, 5.74) is 8.33. The molecule has 19 heavy (non-hydrogen) atoms. The van der Waals surface area contributed by atoms with Gasteiger partial charge < -0.3 is 15.4 Å². The van der Waals surface area contributed by atoms with Crippen molar-refractivity contribution in [3.05, 3.63) is 46.4 Å². The van der Waals surface area contributed by atoms with Crippen LogP contribution in [0.5, 0.6) is 0 Å². The first-order chi connectivity index (χ1) is 9.28. The molecular formula is C14H15N3OS. The van der Waals surface area contributed by atoms with Crippen LogP contribution in [-0.2, 0) is 19.6 Å². The van der Waals surface area contributed by atoms with E-state index < -0.39 is 0 Å². The first-order valence-electron chi connectivity index (χ1n) is 6.16. The molecule has 1 aromatic carbocycles. The number of aliphatic hydroxyl groups is 1. The van der Waals surface area contributed by atoms with Crippen molar-refractivity contribution in [2.24, 2.45) is 0 Å². The molecule has 0 saturated heterocycles. The summed E-state index contributed by atoms with van der Waals surface area (Å²) in [6.45, 7) is 0.760. The summed E-state index contributed by atoms with van der Waals surface area (Å²) in [5.74, 6) is 0.692. The SMILES string of the molecule is Nc1ccc2c(c1)nc(CO)n2CCc1cccs1. The molecule has 0 unspecified atom stereocenters. The molecule has 2 aromatic heterocycles. The van der Waals surface area contributed by atoms with Crippen LogP contribution >= 0.6 is 11.3 Å². The van der Waals surface area contributed by atoms with E-state index in [9.17, 15) is 5.11 Å².